The van der Waals surface area contributed by atoms with Gasteiger partial charge < -0.3 is 4.42 Å². The first-order valence-corrected chi connectivity index (χ1v) is 5.46. The maximum Gasteiger partial charge on any atom is 0.218 e. The second-order valence-electron chi connectivity index (χ2n) is 4.60. The molecule has 3 nitrogen and oxygen atoms in total. The number of carbonyl (C=O) groups excluding carboxylic acids is 1. The van der Waals surface area contributed by atoms with Gasteiger partial charge in [-0.05, 0) is 24.0 Å². The van der Waals surface area contributed by atoms with Gasteiger partial charge in [-0.2, -0.15) is 5.26 Å². The molecule has 0 bridgehead atoms. The van der Waals surface area contributed by atoms with Crippen molar-refractivity contribution in [1.29, 1.82) is 5.26 Å². The Balaban J connectivity index is 3.23. The molecule has 0 N–H and O–H groups in total. The maximum absolute atomic E-state index is 12.3. The monoisotopic (exact) mass is 219 g/mol. The summed E-state index contributed by atoms with van der Waals surface area (Å²) in [5.74, 6) is -0.0425. The number of rotatable bonds is 4. The molecule has 1 aromatic heterocycles. The molecule has 86 valence electrons. The molecular formula is C13H17NO2. The van der Waals surface area contributed by atoms with Crippen LogP contribution < -0.4 is 0 Å². The Morgan fingerprint density at radius 1 is 1.38 bits per heavy atom. The SMILES string of the molecule is CC(C)C(C#N)(C(=O)c1ccco1)C(C)C. The molecule has 0 atom stereocenters. The molecule has 0 saturated heterocycles. The van der Waals surface area contributed by atoms with E-state index in [1.54, 1.807) is 12.1 Å². The fourth-order valence-electron chi connectivity index (χ4n) is 2.11. The lowest BCUT2D eigenvalue weighted by Crippen LogP contribution is -2.39. The van der Waals surface area contributed by atoms with Gasteiger partial charge in [-0.1, -0.05) is 27.7 Å². The Bertz CT molecular complexity index is 388. The second-order valence-corrected chi connectivity index (χ2v) is 4.60. The summed E-state index contributed by atoms with van der Waals surface area (Å²) in [5.41, 5.74) is -1.00. The summed E-state index contributed by atoms with van der Waals surface area (Å²) in [4.78, 5) is 12.3. The van der Waals surface area contributed by atoms with E-state index in [1.807, 2.05) is 27.7 Å². The number of hydrogen-bond donors (Lipinski definition) is 0. The fraction of sp³-hybridized carbons (Fsp3) is 0.538. The molecule has 0 aromatic carbocycles. The average Bonchev–Trinajstić information content (AvgIpc) is 2.70. The molecule has 0 aliphatic rings. The first-order valence-electron chi connectivity index (χ1n) is 5.46. The topological polar surface area (TPSA) is 54.0 Å². The molecule has 0 aliphatic heterocycles. The summed E-state index contributed by atoms with van der Waals surface area (Å²) in [6.07, 6.45) is 1.45. The van der Waals surface area contributed by atoms with Crippen molar-refractivity contribution in [2.75, 3.05) is 0 Å². The summed E-state index contributed by atoms with van der Waals surface area (Å²) >= 11 is 0. The van der Waals surface area contributed by atoms with Gasteiger partial charge in [-0.25, -0.2) is 0 Å². The molecule has 0 aliphatic carbocycles. The minimum Gasteiger partial charge on any atom is -0.461 e. The van der Waals surface area contributed by atoms with Gasteiger partial charge in [0.25, 0.3) is 0 Å². The van der Waals surface area contributed by atoms with Crippen LogP contribution in [0.4, 0.5) is 0 Å². The fourth-order valence-corrected chi connectivity index (χ4v) is 2.11. The molecule has 0 amide bonds. The standard InChI is InChI=1S/C13H17NO2/c1-9(2)13(8-14,10(3)4)12(15)11-6-5-7-16-11/h5-7,9-10H,1-4H3. The minimum absolute atomic E-state index is 0.0462. The van der Waals surface area contributed by atoms with Gasteiger partial charge in [-0.3, -0.25) is 4.79 Å². The van der Waals surface area contributed by atoms with E-state index in [2.05, 4.69) is 6.07 Å². The van der Waals surface area contributed by atoms with Crippen LogP contribution in [0.15, 0.2) is 22.8 Å². The number of carbonyl (C=O) groups is 1. The van der Waals surface area contributed by atoms with E-state index in [0.29, 0.717) is 0 Å². The number of furan rings is 1. The summed E-state index contributed by atoms with van der Waals surface area (Å²) in [5, 5.41) is 9.37. The Morgan fingerprint density at radius 2 is 1.94 bits per heavy atom. The van der Waals surface area contributed by atoms with E-state index in [0.717, 1.165) is 0 Å². The molecule has 0 radical (unpaired) electrons. The highest BCUT2D eigenvalue weighted by Gasteiger charge is 2.46. The van der Waals surface area contributed by atoms with E-state index in [-0.39, 0.29) is 23.4 Å². The largest absolute Gasteiger partial charge is 0.461 e. The average molecular weight is 219 g/mol. The van der Waals surface area contributed by atoms with E-state index in [9.17, 15) is 10.1 Å². The van der Waals surface area contributed by atoms with Crippen molar-refractivity contribution in [1.82, 2.24) is 0 Å². The quantitative estimate of drug-likeness (QED) is 0.730. The Morgan fingerprint density at radius 3 is 2.25 bits per heavy atom. The highest BCUT2D eigenvalue weighted by molar-refractivity contribution is 6.00. The van der Waals surface area contributed by atoms with Crippen molar-refractivity contribution in [3.05, 3.63) is 24.2 Å². The molecule has 1 heterocycles. The summed E-state index contributed by atoms with van der Waals surface area (Å²) in [7, 11) is 0. The van der Waals surface area contributed by atoms with E-state index in [1.165, 1.54) is 6.26 Å². The van der Waals surface area contributed by atoms with Crippen molar-refractivity contribution in [3.63, 3.8) is 0 Å². The zero-order valence-corrected chi connectivity index (χ0v) is 10.2. The lowest BCUT2D eigenvalue weighted by molar-refractivity contribution is 0.0687. The van der Waals surface area contributed by atoms with Crippen LogP contribution in [0.25, 0.3) is 0 Å². The maximum atomic E-state index is 12.3. The second kappa shape index (κ2) is 4.52. The van der Waals surface area contributed by atoms with Crippen LogP contribution in [0.3, 0.4) is 0 Å². The summed E-state index contributed by atoms with van der Waals surface area (Å²) in [6, 6.07) is 5.47. The minimum atomic E-state index is -1.00. The van der Waals surface area contributed by atoms with E-state index < -0.39 is 5.41 Å². The van der Waals surface area contributed by atoms with Crippen LogP contribution >= 0.6 is 0 Å². The van der Waals surface area contributed by atoms with Gasteiger partial charge in [0.2, 0.25) is 5.78 Å². The van der Waals surface area contributed by atoms with Crippen LogP contribution in [-0.4, -0.2) is 5.78 Å². The number of nitriles is 1. The van der Waals surface area contributed by atoms with Crippen molar-refractivity contribution in [2.45, 2.75) is 27.7 Å². The van der Waals surface area contributed by atoms with Crippen molar-refractivity contribution in [2.24, 2.45) is 17.3 Å². The smallest absolute Gasteiger partial charge is 0.218 e. The predicted molar refractivity (Wildman–Crippen MR) is 60.8 cm³/mol. The van der Waals surface area contributed by atoms with Gasteiger partial charge >= 0.3 is 0 Å². The lowest BCUT2D eigenvalue weighted by Gasteiger charge is -2.32. The molecule has 1 aromatic rings. The normalized spacial score (nSPS) is 11.8. The van der Waals surface area contributed by atoms with Crippen LogP contribution in [0, 0.1) is 28.6 Å². The Hall–Kier alpha value is -1.56. The molecule has 3 heteroatoms. The van der Waals surface area contributed by atoms with Crippen molar-refractivity contribution < 1.29 is 9.21 Å². The molecule has 0 unspecified atom stereocenters. The summed E-state index contributed by atoms with van der Waals surface area (Å²) < 4.78 is 5.10. The third-order valence-corrected chi connectivity index (χ3v) is 3.13. The van der Waals surface area contributed by atoms with Crippen LogP contribution in [0.5, 0.6) is 0 Å². The zero-order valence-electron chi connectivity index (χ0n) is 10.2. The van der Waals surface area contributed by atoms with Gasteiger partial charge in [0.1, 0.15) is 5.41 Å². The van der Waals surface area contributed by atoms with Gasteiger partial charge in [0.15, 0.2) is 5.76 Å². The number of nitrogens with zero attached hydrogens (tertiary/aromatic N) is 1. The third kappa shape index (κ3) is 1.76. The lowest BCUT2D eigenvalue weighted by atomic mass is 9.66. The van der Waals surface area contributed by atoms with Crippen LogP contribution in [0.1, 0.15) is 38.2 Å². The highest BCUT2D eigenvalue weighted by Crippen LogP contribution is 2.38. The van der Waals surface area contributed by atoms with Crippen LogP contribution in [0.2, 0.25) is 0 Å². The van der Waals surface area contributed by atoms with E-state index >= 15 is 0 Å². The number of hydrogen-bond acceptors (Lipinski definition) is 3. The Labute approximate surface area is 96.1 Å². The first-order chi connectivity index (χ1) is 7.46. The molecule has 0 spiro atoms. The van der Waals surface area contributed by atoms with Crippen LogP contribution in [-0.2, 0) is 0 Å². The molecule has 0 saturated carbocycles. The molecule has 16 heavy (non-hydrogen) atoms. The molecular weight excluding hydrogens is 202 g/mol. The van der Waals surface area contributed by atoms with E-state index in [4.69, 9.17) is 4.42 Å². The van der Waals surface area contributed by atoms with Crippen molar-refractivity contribution >= 4 is 5.78 Å². The van der Waals surface area contributed by atoms with Gasteiger partial charge in [0.05, 0.1) is 12.3 Å². The first kappa shape index (κ1) is 12.5. The van der Waals surface area contributed by atoms with Crippen molar-refractivity contribution in [3.8, 4) is 6.07 Å². The number of Topliss-reactive ketones (excluding diaryl/α,β-unsaturated/α-hetero) is 1. The number of ketones is 1. The highest BCUT2D eigenvalue weighted by atomic mass is 16.3. The van der Waals surface area contributed by atoms with Gasteiger partial charge in [0, 0.05) is 0 Å². The third-order valence-electron chi connectivity index (χ3n) is 3.13. The molecule has 0 fully saturated rings. The molecule has 1 rings (SSSR count). The van der Waals surface area contributed by atoms with Gasteiger partial charge in [-0.15, -0.1) is 0 Å². The predicted octanol–water partition coefficient (Wildman–Crippen LogP) is 3.28. The Kier molecular flexibility index (Phi) is 3.54. The summed E-state index contributed by atoms with van der Waals surface area (Å²) in [6.45, 7) is 7.57. The zero-order chi connectivity index (χ0) is 12.3.